The van der Waals surface area contributed by atoms with Crippen molar-refractivity contribution in [3.8, 4) is 5.69 Å². The number of benzene rings is 1. The van der Waals surface area contributed by atoms with Crippen LogP contribution in [0.4, 0.5) is 13.2 Å². The third kappa shape index (κ3) is 3.72. The molecule has 1 N–H and O–H groups in total. The van der Waals surface area contributed by atoms with Crippen molar-refractivity contribution in [3.05, 3.63) is 36.2 Å². The number of aromatic nitrogens is 4. The van der Waals surface area contributed by atoms with Gasteiger partial charge >= 0.3 is 6.18 Å². The molecule has 0 spiro atoms. The van der Waals surface area contributed by atoms with Crippen molar-refractivity contribution >= 4 is 5.91 Å². The second-order valence-corrected chi connectivity index (χ2v) is 5.88. The highest BCUT2D eigenvalue weighted by Gasteiger charge is 2.42. The van der Waals surface area contributed by atoms with E-state index in [2.05, 4.69) is 20.8 Å². The Balaban J connectivity index is 1.68. The van der Waals surface area contributed by atoms with Crippen molar-refractivity contribution in [2.45, 2.75) is 37.9 Å². The first-order valence-electron chi connectivity index (χ1n) is 7.64. The highest BCUT2D eigenvalue weighted by atomic mass is 19.4. The van der Waals surface area contributed by atoms with Crippen LogP contribution in [0.2, 0.25) is 0 Å². The number of nitrogens with one attached hydrogen (secondary N) is 1. The van der Waals surface area contributed by atoms with E-state index in [0.717, 1.165) is 0 Å². The van der Waals surface area contributed by atoms with E-state index in [0.29, 0.717) is 24.1 Å². The van der Waals surface area contributed by atoms with E-state index in [1.54, 1.807) is 24.3 Å². The van der Waals surface area contributed by atoms with Crippen LogP contribution in [0.5, 0.6) is 0 Å². The molecule has 0 bridgehead atoms. The molecule has 3 rings (SSSR count). The van der Waals surface area contributed by atoms with Gasteiger partial charge in [0.1, 0.15) is 6.33 Å². The minimum atomic E-state index is -4.20. The highest BCUT2D eigenvalue weighted by Crippen LogP contribution is 2.37. The number of nitrogens with zero attached hydrogens (tertiary/aromatic N) is 4. The minimum absolute atomic E-state index is 0.0675. The van der Waals surface area contributed by atoms with E-state index in [4.69, 9.17) is 0 Å². The molecule has 6 nitrogen and oxygen atoms in total. The zero-order valence-electron chi connectivity index (χ0n) is 12.7. The van der Waals surface area contributed by atoms with Crippen molar-refractivity contribution in [1.82, 2.24) is 25.5 Å². The van der Waals surface area contributed by atoms with Gasteiger partial charge < -0.3 is 5.32 Å². The molecule has 0 radical (unpaired) electrons. The normalized spacial score (nSPS) is 21.5. The summed E-state index contributed by atoms with van der Waals surface area (Å²) >= 11 is 0. The molecule has 2 aromatic rings. The molecule has 24 heavy (non-hydrogen) atoms. The van der Waals surface area contributed by atoms with E-state index in [1.165, 1.54) is 11.0 Å². The lowest BCUT2D eigenvalue weighted by molar-refractivity contribution is -0.183. The summed E-state index contributed by atoms with van der Waals surface area (Å²) in [7, 11) is 0. The Hall–Kier alpha value is -2.45. The quantitative estimate of drug-likeness (QED) is 0.933. The number of halogens is 3. The van der Waals surface area contributed by atoms with Gasteiger partial charge in [-0.25, -0.2) is 4.68 Å². The SMILES string of the molecule is O=C(N[C@@H]1CCC[C@H](C(F)(F)F)C1)c1cccc(-n2cnnn2)c1. The topological polar surface area (TPSA) is 72.7 Å². The molecule has 1 heterocycles. The molecule has 2 atom stereocenters. The zero-order valence-corrected chi connectivity index (χ0v) is 12.7. The van der Waals surface area contributed by atoms with Crippen LogP contribution in [0.15, 0.2) is 30.6 Å². The Kier molecular flexibility index (Phi) is 4.50. The summed E-state index contributed by atoms with van der Waals surface area (Å²) in [5.74, 6) is -1.73. The molecule has 1 aliphatic rings. The summed E-state index contributed by atoms with van der Waals surface area (Å²) in [6.07, 6.45) is -1.73. The molecule has 1 aromatic heterocycles. The molecule has 128 valence electrons. The molecular formula is C15H16F3N5O. The second kappa shape index (κ2) is 6.58. The molecular weight excluding hydrogens is 323 g/mol. The molecule has 1 amide bonds. The van der Waals surface area contributed by atoms with Gasteiger partial charge in [0, 0.05) is 11.6 Å². The summed E-state index contributed by atoms with van der Waals surface area (Å²) in [6.45, 7) is 0. The highest BCUT2D eigenvalue weighted by molar-refractivity contribution is 5.94. The van der Waals surface area contributed by atoms with Gasteiger partial charge in [-0.15, -0.1) is 5.10 Å². The number of alkyl halides is 3. The summed E-state index contributed by atoms with van der Waals surface area (Å²) in [6, 6.07) is 6.14. The number of amides is 1. The first-order valence-corrected chi connectivity index (χ1v) is 7.64. The summed E-state index contributed by atoms with van der Waals surface area (Å²) in [4.78, 5) is 12.3. The van der Waals surface area contributed by atoms with Crippen LogP contribution < -0.4 is 5.32 Å². The van der Waals surface area contributed by atoms with Crippen molar-refractivity contribution in [2.24, 2.45) is 5.92 Å². The van der Waals surface area contributed by atoms with Gasteiger partial charge in [0.2, 0.25) is 0 Å². The standard InChI is InChI=1S/C15H16F3N5O/c16-15(17,18)11-4-2-5-12(8-11)20-14(24)10-3-1-6-13(7-10)23-9-19-21-22-23/h1,3,6-7,9,11-12H,2,4-5,8H2,(H,20,24)/t11-,12+/m0/s1. The molecule has 1 aliphatic carbocycles. The number of hydrogen-bond donors (Lipinski definition) is 1. The number of carbonyl (C=O) groups excluding carboxylic acids is 1. The van der Waals surface area contributed by atoms with Crippen LogP contribution in [-0.2, 0) is 0 Å². The Labute approximate surface area is 136 Å². The predicted octanol–water partition coefficient (Wildman–Crippen LogP) is 2.51. The van der Waals surface area contributed by atoms with Crippen LogP contribution in [0.1, 0.15) is 36.0 Å². The Morgan fingerprint density at radius 2 is 2.12 bits per heavy atom. The van der Waals surface area contributed by atoms with Crippen LogP contribution in [0.3, 0.4) is 0 Å². The molecule has 1 fully saturated rings. The zero-order chi connectivity index (χ0) is 17.2. The van der Waals surface area contributed by atoms with Gasteiger partial charge in [0.25, 0.3) is 5.91 Å². The number of rotatable bonds is 3. The van der Waals surface area contributed by atoms with Gasteiger partial charge in [-0.3, -0.25) is 4.79 Å². The van der Waals surface area contributed by atoms with E-state index in [-0.39, 0.29) is 12.8 Å². The molecule has 9 heteroatoms. The van der Waals surface area contributed by atoms with E-state index >= 15 is 0 Å². The predicted molar refractivity (Wildman–Crippen MR) is 78.4 cm³/mol. The van der Waals surface area contributed by atoms with Crippen molar-refractivity contribution < 1.29 is 18.0 Å². The van der Waals surface area contributed by atoms with Crippen molar-refractivity contribution in [2.75, 3.05) is 0 Å². The Morgan fingerprint density at radius 3 is 2.83 bits per heavy atom. The fraction of sp³-hybridized carbons (Fsp3) is 0.467. The van der Waals surface area contributed by atoms with Gasteiger partial charge in [-0.2, -0.15) is 13.2 Å². The second-order valence-electron chi connectivity index (χ2n) is 5.88. The first kappa shape index (κ1) is 16.4. The number of tetrazole rings is 1. The maximum atomic E-state index is 12.9. The van der Waals surface area contributed by atoms with Gasteiger partial charge in [-0.05, 0) is 47.9 Å². The van der Waals surface area contributed by atoms with E-state index in [1.807, 2.05) is 0 Å². The summed E-state index contributed by atoms with van der Waals surface area (Å²) in [5, 5.41) is 13.5. The van der Waals surface area contributed by atoms with E-state index < -0.39 is 24.0 Å². The molecule has 0 aliphatic heterocycles. The number of hydrogen-bond acceptors (Lipinski definition) is 4. The minimum Gasteiger partial charge on any atom is -0.349 e. The lowest BCUT2D eigenvalue weighted by atomic mass is 9.85. The third-order valence-corrected chi connectivity index (χ3v) is 4.19. The molecule has 1 saturated carbocycles. The first-order chi connectivity index (χ1) is 11.4. The molecule has 0 unspecified atom stereocenters. The lowest BCUT2D eigenvalue weighted by Gasteiger charge is -2.31. The van der Waals surface area contributed by atoms with Gasteiger partial charge in [-0.1, -0.05) is 12.5 Å². The van der Waals surface area contributed by atoms with Crippen LogP contribution in [0, 0.1) is 5.92 Å². The van der Waals surface area contributed by atoms with E-state index in [9.17, 15) is 18.0 Å². The maximum Gasteiger partial charge on any atom is 0.391 e. The fourth-order valence-electron chi connectivity index (χ4n) is 2.96. The van der Waals surface area contributed by atoms with Crippen LogP contribution in [-0.4, -0.2) is 38.3 Å². The Bertz CT molecular complexity index is 701. The van der Waals surface area contributed by atoms with Crippen LogP contribution in [0.25, 0.3) is 5.69 Å². The lowest BCUT2D eigenvalue weighted by Crippen LogP contribution is -2.41. The molecule has 1 aromatic carbocycles. The largest absolute Gasteiger partial charge is 0.391 e. The van der Waals surface area contributed by atoms with Crippen molar-refractivity contribution in [3.63, 3.8) is 0 Å². The average molecular weight is 339 g/mol. The molecule has 0 saturated heterocycles. The van der Waals surface area contributed by atoms with Gasteiger partial charge in [0.05, 0.1) is 11.6 Å². The van der Waals surface area contributed by atoms with Crippen molar-refractivity contribution in [1.29, 1.82) is 0 Å². The number of carbonyl (C=O) groups is 1. The van der Waals surface area contributed by atoms with Crippen LogP contribution >= 0.6 is 0 Å². The average Bonchev–Trinajstić information content (AvgIpc) is 3.09. The van der Waals surface area contributed by atoms with Gasteiger partial charge in [0.15, 0.2) is 0 Å². The monoisotopic (exact) mass is 339 g/mol. The maximum absolute atomic E-state index is 12.9. The third-order valence-electron chi connectivity index (χ3n) is 4.19. The summed E-state index contributed by atoms with van der Waals surface area (Å²) in [5.41, 5.74) is 0.960. The fourth-order valence-corrected chi connectivity index (χ4v) is 2.96. The smallest absolute Gasteiger partial charge is 0.349 e. The summed E-state index contributed by atoms with van der Waals surface area (Å²) < 4.78 is 40.0. The Morgan fingerprint density at radius 1 is 1.29 bits per heavy atom.